The Morgan fingerprint density at radius 3 is 2.47 bits per heavy atom. The maximum absolute atomic E-state index is 13.0. The van der Waals surface area contributed by atoms with Crippen molar-refractivity contribution in [2.24, 2.45) is 0 Å². The topological polar surface area (TPSA) is 78.5 Å². The van der Waals surface area contributed by atoms with E-state index in [4.69, 9.17) is 0 Å². The predicted molar refractivity (Wildman–Crippen MR) is 116 cm³/mol. The molecule has 1 aliphatic rings. The zero-order chi connectivity index (χ0) is 21.7. The Kier molecular flexibility index (Phi) is 7.10. The van der Waals surface area contributed by atoms with Crippen molar-refractivity contribution in [3.05, 3.63) is 59.4 Å². The number of hydrogen-bond acceptors (Lipinski definition) is 4. The quantitative estimate of drug-likeness (QED) is 0.668. The number of nitrogens with zero attached hydrogens (tertiary/aromatic N) is 1. The lowest BCUT2D eigenvalue weighted by atomic mass is 10.1. The minimum absolute atomic E-state index is 0.0225. The van der Waals surface area contributed by atoms with E-state index >= 15 is 0 Å². The highest BCUT2D eigenvalue weighted by molar-refractivity contribution is 7.92. The molecule has 1 saturated carbocycles. The Hall–Kier alpha value is -2.45. The van der Waals surface area contributed by atoms with E-state index in [0.29, 0.717) is 23.7 Å². The standard InChI is InChI=1S/C22H28FN3O3S/c1-16-7-12-20(30(28,29)25-18-10-8-17(23)9-11-18)15-21(16)22(27)24-13-14-26(2)19-5-3-4-6-19/h7-12,15,19,25H,3-6,13-14H2,1-2H3,(H,24,27). The second kappa shape index (κ2) is 9.57. The van der Waals surface area contributed by atoms with Crippen molar-refractivity contribution in [1.29, 1.82) is 0 Å². The van der Waals surface area contributed by atoms with Crippen LogP contribution in [0.5, 0.6) is 0 Å². The Labute approximate surface area is 177 Å². The van der Waals surface area contributed by atoms with Gasteiger partial charge >= 0.3 is 0 Å². The lowest BCUT2D eigenvalue weighted by molar-refractivity contribution is 0.0946. The Morgan fingerprint density at radius 1 is 1.13 bits per heavy atom. The van der Waals surface area contributed by atoms with Gasteiger partial charge in [-0.05, 0) is 68.8 Å². The van der Waals surface area contributed by atoms with Crippen molar-refractivity contribution >= 4 is 21.6 Å². The van der Waals surface area contributed by atoms with Crippen LogP contribution in [0.15, 0.2) is 47.4 Å². The zero-order valence-electron chi connectivity index (χ0n) is 17.3. The third kappa shape index (κ3) is 5.58. The van der Waals surface area contributed by atoms with Crippen molar-refractivity contribution in [3.63, 3.8) is 0 Å². The van der Waals surface area contributed by atoms with Crippen LogP contribution >= 0.6 is 0 Å². The van der Waals surface area contributed by atoms with Gasteiger partial charge < -0.3 is 10.2 Å². The molecule has 0 saturated heterocycles. The van der Waals surface area contributed by atoms with Crippen molar-refractivity contribution in [1.82, 2.24) is 10.2 Å². The molecule has 2 aromatic carbocycles. The Bertz CT molecular complexity index is 987. The Morgan fingerprint density at radius 2 is 1.80 bits per heavy atom. The molecular weight excluding hydrogens is 405 g/mol. The van der Waals surface area contributed by atoms with Gasteiger partial charge in [0.15, 0.2) is 0 Å². The van der Waals surface area contributed by atoms with Gasteiger partial charge in [0.2, 0.25) is 0 Å². The number of likely N-dealkylation sites (N-methyl/N-ethyl adjacent to an activating group) is 1. The molecule has 30 heavy (non-hydrogen) atoms. The van der Waals surface area contributed by atoms with Gasteiger partial charge in [-0.1, -0.05) is 18.9 Å². The van der Waals surface area contributed by atoms with Gasteiger partial charge in [-0.2, -0.15) is 0 Å². The van der Waals surface area contributed by atoms with E-state index in [-0.39, 0.29) is 16.5 Å². The van der Waals surface area contributed by atoms with Crippen LogP contribution in [-0.4, -0.2) is 45.4 Å². The van der Waals surface area contributed by atoms with E-state index in [1.54, 1.807) is 13.0 Å². The van der Waals surface area contributed by atoms with E-state index in [2.05, 4.69) is 22.0 Å². The first-order valence-electron chi connectivity index (χ1n) is 10.1. The van der Waals surface area contributed by atoms with E-state index in [1.807, 2.05) is 0 Å². The maximum Gasteiger partial charge on any atom is 0.261 e. The molecule has 2 N–H and O–H groups in total. The second-order valence-corrected chi connectivity index (χ2v) is 9.45. The highest BCUT2D eigenvalue weighted by Gasteiger charge is 2.20. The van der Waals surface area contributed by atoms with Crippen molar-refractivity contribution in [2.75, 3.05) is 24.9 Å². The lowest BCUT2D eigenvalue weighted by Gasteiger charge is -2.24. The molecule has 1 aliphatic carbocycles. The second-order valence-electron chi connectivity index (χ2n) is 7.76. The molecule has 0 aromatic heterocycles. The summed E-state index contributed by atoms with van der Waals surface area (Å²) in [7, 11) is -1.83. The molecule has 3 rings (SSSR count). The first kappa shape index (κ1) is 22.2. The normalized spacial score (nSPS) is 14.8. The zero-order valence-corrected chi connectivity index (χ0v) is 18.1. The number of benzene rings is 2. The lowest BCUT2D eigenvalue weighted by Crippen LogP contribution is -2.37. The SMILES string of the molecule is Cc1ccc(S(=O)(=O)Nc2ccc(F)cc2)cc1C(=O)NCCN(C)C1CCCC1. The largest absolute Gasteiger partial charge is 0.351 e. The molecule has 1 fully saturated rings. The summed E-state index contributed by atoms with van der Waals surface area (Å²) in [6.45, 7) is 3.01. The van der Waals surface area contributed by atoms with Gasteiger partial charge in [0.05, 0.1) is 4.90 Å². The van der Waals surface area contributed by atoms with E-state index < -0.39 is 15.8 Å². The van der Waals surface area contributed by atoms with Crippen molar-refractivity contribution < 1.29 is 17.6 Å². The summed E-state index contributed by atoms with van der Waals surface area (Å²) in [5.74, 6) is -0.753. The fourth-order valence-corrected chi connectivity index (χ4v) is 4.80. The Balaban J connectivity index is 1.66. The number of rotatable bonds is 8. The van der Waals surface area contributed by atoms with Gasteiger partial charge in [-0.15, -0.1) is 0 Å². The summed E-state index contributed by atoms with van der Waals surface area (Å²) in [5.41, 5.74) is 1.26. The molecule has 0 spiro atoms. The molecule has 0 radical (unpaired) electrons. The van der Waals surface area contributed by atoms with Crippen LogP contribution in [0, 0.1) is 12.7 Å². The van der Waals surface area contributed by atoms with Crippen LogP contribution in [0.4, 0.5) is 10.1 Å². The summed E-state index contributed by atoms with van der Waals surface area (Å²) in [6, 6.07) is 10.0. The van der Waals surface area contributed by atoms with Gasteiger partial charge in [0.25, 0.3) is 15.9 Å². The summed E-state index contributed by atoms with van der Waals surface area (Å²) < 4.78 is 40.8. The first-order chi connectivity index (χ1) is 14.3. The fraction of sp³-hybridized carbons (Fsp3) is 0.409. The van der Waals surface area contributed by atoms with E-state index in [0.717, 1.165) is 6.54 Å². The van der Waals surface area contributed by atoms with Crippen LogP contribution in [0.3, 0.4) is 0 Å². The highest BCUT2D eigenvalue weighted by atomic mass is 32.2. The van der Waals surface area contributed by atoms with Crippen molar-refractivity contribution in [2.45, 2.75) is 43.5 Å². The molecule has 162 valence electrons. The monoisotopic (exact) mass is 433 g/mol. The molecule has 0 unspecified atom stereocenters. The van der Waals surface area contributed by atoms with Crippen LogP contribution in [-0.2, 0) is 10.0 Å². The van der Waals surface area contributed by atoms with Crippen LogP contribution in [0.25, 0.3) is 0 Å². The van der Waals surface area contributed by atoms with Crippen LogP contribution < -0.4 is 10.0 Å². The number of hydrogen-bond donors (Lipinski definition) is 2. The van der Waals surface area contributed by atoms with Gasteiger partial charge in [0.1, 0.15) is 5.82 Å². The summed E-state index contributed by atoms with van der Waals surface area (Å²) >= 11 is 0. The molecule has 0 atom stereocenters. The number of aryl methyl sites for hydroxylation is 1. The van der Waals surface area contributed by atoms with Crippen LogP contribution in [0.1, 0.15) is 41.6 Å². The van der Waals surface area contributed by atoms with Crippen molar-refractivity contribution in [3.8, 4) is 0 Å². The van der Waals surface area contributed by atoms with Gasteiger partial charge in [-0.3, -0.25) is 9.52 Å². The maximum atomic E-state index is 13.0. The smallest absolute Gasteiger partial charge is 0.261 e. The minimum Gasteiger partial charge on any atom is -0.351 e. The molecule has 0 aliphatic heterocycles. The number of nitrogens with one attached hydrogen (secondary N) is 2. The average Bonchev–Trinajstić information content (AvgIpc) is 3.24. The van der Waals surface area contributed by atoms with E-state index in [9.17, 15) is 17.6 Å². The highest BCUT2D eigenvalue weighted by Crippen LogP contribution is 2.22. The van der Waals surface area contributed by atoms with Gasteiger partial charge in [0, 0.05) is 30.4 Å². The van der Waals surface area contributed by atoms with Gasteiger partial charge in [-0.25, -0.2) is 12.8 Å². The molecule has 0 heterocycles. The average molecular weight is 434 g/mol. The minimum atomic E-state index is -3.90. The molecule has 6 nitrogen and oxygen atoms in total. The number of amides is 1. The molecular formula is C22H28FN3O3S. The number of sulfonamides is 1. The van der Waals surface area contributed by atoms with Crippen LogP contribution in [0.2, 0.25) is 0 Å². The third-order valence-electron chi connectivity index (χ3n) is 5.56. The summed E-state index contributed by atoms with van der Waals surface area (Å²) in [6.07, 6.45) is 4.91. The number of carbonyl (C=O) groups excluding carboxylic acids is 1. The number of carbonyl (C=O) groups is 1. The fourth-order valence-electron chi connectivity index (χ4n) is 3.71. The first-order valence-corrected chi connectivity index (χ1v) is 11.6. The molecule has 1 amide bonds. The molecule has 2 aromatic rings. The summed E-state index contributed by atoms with van der Waals surface area (Å²) in [5, 5.41) is 2.89. The number of halogens is 1. The summed E-state index contributed by atoms with van der Waals surface area (Å²) in [4.78, 5) is 14.9. The molecule has 0 bridgehead atoms. The predicted octanol–water partition coefficient (Wildman–Crippen LogP) is 3.54. The third-order valence-corrected chi connectivity index (χ3v) is 6.94. The number of anilines is 1. The molecule has 8 heteroatoms. The van der Waals surface area contributed by atoms with E-state index in [1.165, 1.54) is 62.1 Å².